The van der Waals surface area contributed by atoms with Crippen molar-refractivity contribution in [1.82, 2.24) is 5.32 Å². The van der Waals surface area contributed by atoms with Gasteiger partial charge in [-0.1, -0.05) is 30.7 Å². The zero-order valence-corrected chi connectivity index (χ0v) is 11.8. The van der Waals surface area contributed by atoms with Gasteiger partial charge in [-0.3, -0.25) is 4.79 Å². The van der Waals surface area contributed by atoms with Crippen LogP contribution < -0.4 is 11.1 Å². The standard InChI is InChI=1S/C15H24N2O/c1-5-15(4,10-16)17-14(18)9-13-8-11(2)6-7-12(13)3/h6-8H,5,9-10,16H2,1-4H3,(H,17,18). The smallest absolute Gasteiger partial charge is 0.224 e. The minimum Gasteiger partial charge on any atom is -0.349 e. The Hall–Kier alpha value is -1.35. The molecule has 18 heavy (non-hydrogen) atoms. The summed E-state index contributed by atoms with van der Waals surface area (Å²) in [5.74, 6) is 0.0403. The van der Waals surface area contributed by atoms with Crippen LogP contribution in [-0.2, 0) is 11.2 Å². The van der Waals surface area contributed by atoms with Crippen LogP contribution in [0.25, 0.3) is 0 Å². The molecule has 1 unspecified atom stereocenters. The molecule has 1 atom stereocenters. The molecule has 0 bridgehead atoms. The third-order valence-corrected chi connectivity index (χ3v) is 3.53. The molecule has 0 fully saturated rings. The zero-order chi connectivity index (χ0) is 13.8. The summed E-state index contributed by atoms with van der Waals surface area (Å²) in [5.41, 5.74) is 8.82. The third-order valence-electron chi connectivity index (χ3n) is 3.53. The number of hydrogen-bond acceptors (Lipinski definition) is 2. The van der Waals surface area contributed by atoms with Gasteiger partial charge in [0, 0.05) is 12.1 Å². The first-order chi connectivity index (χ1) is 8.40. The van der Waals surface area contributed by atoms with Crippen molar-refractivity contribution >= 4 is 5.91 Å². The van der Waals surface area contributed by atoms with Crippen molar-refractivity contribution in [3.63, 3.8) is 0 Å². The molecule has 0 saturated carbocycles. The molecule has 1 amide bonds. The Morgan fingerprint density at radius 3 is 2.61 bits per heavy atom. The second kappa shape index (κ2) is 6.01. The Bertz CT molecular complexity index is 423. The number of carbonyl (C=O) groups is 1. The molecule has 0 aliphatic heterocycles. The van der Waals surface area contributed by atoms with Crippen molar-refractivity contribution in [3.8, 4) is 0 Å². The summed E-state index contributed by atoms with van der Waals surface area (Å²) in [6.07, 6.45) is 1.26. The Morgan fingerprint density at radius 1 is 1.39 bits per heavy atom. The number of aryl methyl sites for hydroxylation is 2. The molecule has 3 heteroatoms. The maximum atomic E-state index is 12.0. The van der Waals surface area contributed by atoms with Gasteiger partial charge >= 0.3 is 0 Å². The highest BCUT2D eigenvalue weighted by Crippen LogP contribution is 2.13. The first kappa shape index (κ1) is 14.7. The van der Waals surface area contributed by atoms with Gasteiger partial charge in [0.1, 0.15) is 0 Å². The van der Waals surface area contributed by atoms with Crippen LogP contribution in [0.5, 0.6) is 0 Å². The van der Waals surface area contributed by atoms with Crippen LogP contribution in [0.1, 0.15) is 37.0 Å². The molecule has 1 aromatic carbocycles. The predicted molar refractivity (Wildman–Crippen MR) is 75.5 cm³/mol. The molecular weight excluding hydrogens is 224 g/mol. The molecule has 1 rings (SSSR count). The van der Waals surface area contributed by atoms with Crippen LogP contribution in [0.4, 0.5) is 0 Å². The Morgan fingerprint density at radius 2 is 2.06 bits per heavy atom. The van der Waals surface area contributed by atoms with E-state index in [0.717, 1.165) is 17.5 Å². The average Bonchev–Trinajstić information content (AvgIpc) is 2.33. The molecule has 3 nitrogen and oxygen atoms in total. The molecule has 3 N–H and O–H groups in total. The van der Waals surface area contributed by atoms with Gasteiger partial charge in [-0.25, -0.2) is 0 Å². The molecule has 0 aromatic heterocycles. The minimum absolute atomic E-state index is 0.0403. The van der Waals surface area contributed by atoms with E-state index in [1.54, 1.807) is 0 Å². The van der Waals surface area contributed by atoms with E-state index in [1.807, 2.05) is 27.7 Å². The fourth-order valence-electron chi connectivity index (χ4n) is 1.83. The van der Waals surface area contributed by atoms with Crippen molar-refractivity contribution in [3.05, 3.63) is 34.9 Å². The Kier molecular flexibility index (Phi) is 4.91. The highest BCUT2D eigenvalue weighted by atomic mass is 16.1. The van der Waals surface area contributed by atoms with Gasteiger partial charge < -0.3 is 11.1 Å². The predicted octanol–water partition coefficient (Wildman–Crippen LogP) is 2.09. The van der Waals surface area contributed by atoms with Gasteiger partial charge in [0.15, 0.2) is 0 Å². The fraction of sp³-hybridized carbons (Fsp3) is 0.533. The first-order valence-corrected chi connectivity index (χ1v) is 6.47. The van der Waals surface area contributed by atoms with Crippen LogP contribution in [0, 0.1) is 13.8 Å². The lowest BCUT2D eigenvalue weighted by atomic mass is 9.97. The number of nitrogens with two attached hydrogens (primary N) is 1. The van der Waals surface area contributed by atoms with E-state index in [2.05, 4.69) is 23.5 Å². The second-order valence-electron chi connectivity index (χ2n) is 5.27. The van der Waals surface area contributed by atoms with Crippen LogP contribution in [0.2, 0.25) is 0 Å². The van der Waals surface area contributed by atoms with E-state index < -0.39 is 0 Å². The summed E-state index contributed by atoms with van der Waals surface area (Å²) < 4.78 is 0. The molecule has 0 radical (unpaired) electrons. The van der Waals surface area contributed by atoms with Crippen LogP contribution in [0.3, 0.4) is 0 Å². The van der Waals surface area contributed by atoms with Crippen molar-refractivity contribution in [2.45, 2.75) is 46.1 Å². The van der Waals surface area contributed by atoms with E-state index in [9.17, 15) is 4.79 Å². The molecule has 0 spiro atoms. The quantitative estimate of drug-likeness (QED) is 0.838. The SMILES string of the molecule is CCC(C)(CN)NC(=O)Cc1cc(C)ccc1C. The maximum absolute atomic E-state index is 12.0. The van der Waals surface area contributed by atoms with Crippen molar-refractivity contribution in [1.29, 1.82) is 0 Å². The number of rotatable bonds is 5. The number of nitrogens with one attached hydrogen (secondary N) is 1. The van der Waals surface area contributed by atoms with Gasteiger partial charge in [-0.15, -0.1) is 0 Å². The van der Waals surface area contributed by atoms with E-state index >= 15 is 0 Å². The van der Waals surface area contributed by atoms with E-state index in [1.165, 1.54) is 5.56 Å². The summed E-state index contributed by atoms with van der Waals surface area (Å²) in [5, 5.41) is 3.02. The number of benzene rings is 1. The molecule has 100 valence electrons. The molecule has 1 aromatic rings. The largest absolute Gasteiger partial charge is 0.349 e. The molecule has 0 aliphatic rings. The summed E-state index contributed by atoms with van der Waals surface area (Å²) in [7, 11) is 0. The minimum atomic E-state index is -0.297. The summed E-state index contributed by atoms with van der Waals surface area (Å²) in [6.45, 7) is 8.54. The van der Waals surface area contributed by atoms with Crippen molar-refractivity contribution in [2.75, 3.05) is 6.54 Å². The molecule has 0 saturated heterocycles. The first-order valence-electron chi connectivity index (χ1n) is 6.47. The van der Waals surface area contributed by atoms with Crippen LogP contribution >= 0.6 is 0 Å². The van der Waals surface area contributed by atoms with Crippen molar-refractivity contribution < 1.29 is 4.79 Å². The molecule has 0 aliphatic carbocycles. The highest BCUT2D eigenvalue weighted by molar-refractivity contribution is 5.79. The lowest BCUT2D eigenvalue weighted by molar-refractivity contribution is -0.122. The molecule has 0 heterocycles. The van der Waals surface area contributed by atoms with Gasteiger partial charge in [0.2, 0.25) is 5.91 Å². The average molecular weight is 248 g/mol. The van der Waals surface area contributed by atoms with Gasteiger partial charge in [0.05, 0.1) is 6.42 Å². The third kappa shape index (κ3) is 3.84. The zero-order valence-electron chi connectivity index (χ0n) is 11.8. The lowest BCUT2D eigenvalue weighted by Gasteiger charge is -2.28. The fourth-order valence-corrected chi connectivity index (χ4v) is 1.83. The molecular formula is C15H24N2O. The Balaban J connectivity index is 2.73. The number of amides is 1. The second-order valence-corrected chi connectivity index (χ2v) is 5.27. The lowest BCUT2D eigenvalue weighted by Crippen LogP contribution is -2.51. The number of hydrogen-bond donors (Lipinski definition) is 2. The van der Waals surface area contributed by atoms with Gasteiger partial charge in [-0.05, 0) is 38.3 Å². The maximum Gasteiger partial charge on any atom is 0.224 e. The highest BCUT2D eigenvalue weighted by Gasteiger charge is 2.22. The summed E-state index contributed by atoms with van der Waals surface area (Å²) >= 11 is 0. The van der Waals surface area contributed by atoms with E-state index in [0.29, 0.717) is 13.0 Å². The normalized spacial score (nSPS) is 14.1. The summed E-state index contributed by atoms with van der Waals surface area (Å²) in [4.78, 5) is 12.0. The van der Waals surface area contributed by atoms with E-state index in [4.69, 9.17) is 5.73 Å². The van der Waals surface area contributed by atoms with Crippen molar-refractivity contribution in [2.24, 2.45) is 5.73 Å². The monoisotopic (exact) mass is 248 g/mol. The Labute approximate surface area is 110 Å². The van der Waals surface area contributed by atoms with Crippen LogP contribution in [0.15, 0.2) is 18.2 Å². The van der Waals surface area contributed by atoms with Gasteiger partial charge in [0.25, 0.3) is 0 Å². The van der Waals surface area contributed by atoms with Crippen LogP contribution in [-0.4, -0.2) is 18.0 Å². The van der Waals surface area contributed by atoms with E-state index in [-0.39, 0.29) is 11.4 Å². The number of carbonyl (C=O) groups excluding carboxylic acids is 1. The van der Waals surface area contributed by atoms with Gasteiger partial charge in [-0.2, -0.15) is 0 Å². The topological polar surface area (TPSA) is 55.1 Å². The summed E-state index contributed by atoms with van der Waals surface area (Å²) in [6, 6.07) is 6.19.